The van der Waals surface area contributed by atoms with Crippen molar-refractivity contribution in [2.24, 2.45) is 0 Å². The first-order chi connectivity index (χ1) is 4.29. The molecular formula is C6H5O2S-. The molecule has 1 heterocycles. The van der Waals surface area contributed by atoms with Gasteiger partial charge in [0.1, 0.15) is 5.76 Å². The third-order valence-electron chi connectivity index (χ3n) is 0.899. The SMILES string of the molecule is O=C([S-])Cc1ccco1. The maximum absolute atomic E-state index is 10.3. The molecule has 0 fully saturated rings. The van der Waals surface area contributed by atoms with E-state index in [0.29, 0.717) is 5.76 Å². The van der Waals surface area contributed by atoms with Gasteiger partial charge >= 0.3 is 0 Å². The van der Waals surface area contributed by atoms with Crippen LogP contribution in [0, 0.1) is 0 Å². The number of hydrogen-bond acceptors (Lipinski definition) is 3. The van der Waals surface area contributed by atoms with E-state index in [-0.39, 0.29) is 11.5 Å². The van der Waals surface area contributed by atoms with Gasteiger partial charge in [-0.05, 0) is 12.1 Å². The fourth-order valence-electron chi connectivity index (χ4n) is 0.555. The predicted molar refractivity (Wildman–Crippen MR) is 34.8 cm³/mol. The molecule has 1 aromatic heterocycles. The van der Waals surface area contributed by atoms with Crippen LogP contribution in [-0.4, -0.2) is 5.12 Å². The Hall–Kier alpha value is -0.830. The Morgan fingerprint density at radius 3 is 3.00 bits per heavy atom. The molecule has 0 aliphatic rings. The van der Waals surface area contributed by atoms with Crippen LogP contribution >= 0.6 is 0 Å². The van der Waals surface area contributed by atoms with E-state index >= 15 is 0 Å². The van der Waals surface area contributed by atoms with Gasteiger partial charge in [-0.1, -0.05) is 0 Å². The van der Waals surface area contributed by atoms with Crippen LogP contribution in [0.3, 0.4) is 0 Å². The summed E-state index contributed by atoms with van der Waals surface area (Å²) in [6, 6.07) is 3.46. The summed E-state index contributed by atoms with van der Waals surface area (Å²) >= 11 is 4.33. The van der Waals surface area contributed by atoms with Crippen molar-refractivity contribution in [1.82, 2.24) is 0 Å². The van der Waals surface area contributed by atoms with Gasteiger partial charge in [0.2, 0.25) is 0 Å². The van der Waals surface area contributed by atoms with Crippen molar-refractivity contribution >= 4 is 17.7 Å². The molecule has 1 aromatic rings. The molecule has 0 unspecified atom stereocenters. The topological polar surface area (TPSA) is 30.2 Å². The Labute approximate surface area is 58.3 Å². The van der Waals surface area contributed by atoms with Gasteiger partial charge in [-0.15, -0.1) is 0 Å². The van der Waals surface area contributed by atoms with E-state index in [2.05, 4.69) is 12.6 Å². The number of carbonyl (C=O) groups excluding carboxylic acids is 1. The van der Waals surface area contributed by atoms with Crippen LogP contribution < -0.4 is 0 Å². The highest BCUT2D eigenvalue weighted by Gasteiger charge is 1.92. The smallest absolute Gasteiger partial charge is 0.109 e. The number of rotatable bonds is 2. The molecular weight excluding hydrogens is 136 g/mol. The Morgan fingerprint density at radius 1 is 1.78 bits per heavy atom. The Balaban J connectivity index is 2.58. The van der Waals surface area contributed by atoms with E-state index < -0.39 is 0 Å². The predicted octanol–water partition coefficient (Wildman–Crippen LogP) is 0.896. The van der Waals surface area contributed by atoms with Gasteiger partial charge in [0.05, 0.1) is 6.26 Å². The van der Waals surface area contributed by atoms with Crippen LogP contribution in [0.5, 0.6) is 0 Å². The molecule has 48 valence electrons. The van der Waals surface area contributed by atoms with E-state index in [0.717, 1.165) is 0 Å². The Bertz CT molecular complexity index is 191. The van der Waals surface area contributed by atoms with E-state index in [1.54, 1.807) is 12.1 Å². The van der Waals surface area contributed by atoms with E-state index in [1.165, 1.54) is 6.26 Å². The van der Waals surface area contributed by atoms with Gasteiger partial charge in [-0.25, -0.2) is 0 Å². The second kappa shape index (κ2) is 2.64. The number of hydrogen-bond donors (Lipinski definition) is 0. The molecule has 3 heteroatoms. The first-order valence-electron chi connectivity index (χ1n) is 2.51. The summed E-state index contributed by atoms with van der Waals surface area (Å²) in [5.41, 5.74) is 0. The molecule has 0 spiro atoms. The second-order valence-electron chi connectivity index (χ2n) is 1.63. The molecule has 0 aliphatic heterocycles. The molecule has 0 radical (unpaired) electrons. The summed E-state index contributed by atoms with van der Waals surface area (Å²) in [6.45, 7) is 0. The summed E-state index contributed by atoms with van der Waals surface area (Å²) in [6.07, 6.45) is 1.75. The molecule has 9 heavy (non-hydrogen) atoms. The van der Waals surface area contributed by atoms with Crippen LogP contribution in [0.4, 0.5) is 0 Å². The van der Waals surface area contributed by atoms with Crippen LogP contribution in [-0.2, 0) is 23.8 Å². The van der Waals surface area contributed by atoms with Crippen molar-refractivity contribution in [1.29, 1.82) is 0 Å². The molecule has 0 saturated carbocycles. The summed E-state index contributed by atoms with van der Waals surface area (Å²) in [5.74, 6) is 0.634. The zero-order chi connectivity index (χ0) is 6.69. The minimum absolute atomic E-state index is 0.225. The van der Waals surface area contributed by atoms with E-state index in [9.17, 15) is 4.79 Å². The zero-order valence-corrected chi connectivity index (χ0v) is 5.48. The Morgan fingerprint density at radius 2 is 2.56 bits per heavy atom. The average Bonchev–Trinajstić information content (AvgIpc) is 2.15. The minimum Gasteiger partial charge on any atom is -0.742 e. The highest BCUT2D eigenvalue weighted by molar-refractivity contribution is 7.77. The average molecular weight is 141 g/mol. The van der Waals surface area contributed by atoms with Gasteiger partial charge < -0.3 is 21.8 Å². The highest BCUT2D eigenvalue weighted by atomic mass is 32.1. The number of furan rings is 1. The van der Waals surface area contributed by atoms with Crippen LogP contribution in [0.25, 0.3) is 0 Å². The van der Waals surface area contributed by atoms with Crippen molar-refractivity contribution in [3.05, 3.63) is 24.2 Å². The molecule has 0 amide bonds. The van der Waals surface area contributed by atoms with Crippen LogP contribution in [0.2, 0.25) is 0 Å². The quantitative estimate of drug-likeness (QED) is 0.573. The van der Waals surface area contributed by atoms with Crippen molar-refractivity contribution in [2.75, 3.05) is 0 Å². The Kier molecular flexibility index (Phi) is 1.85. The third kappa shape index (κ3) is 1.85. The summed E-state index contributed by atoms with van der Waals surface area (Å²) < 4.78 is 4.86. The van der Waals surface area contributed by atoms with Gasteiger partial charge in [-0.3, -0.25) is 0 Å². The van der Waals surface area contributed by atoms with Crippen molar-refractivity contribution in [2.45, 2.75) is 6.42 Å². The lowest BCUT2D eigenvalue weighted by Crippen LogP contribution is -1.94. The minimum atomic E-state index is -0.287. The summed E-state index contributed by atoms with van der Waals surface area (Å²) in [4.78, 5) is 10.3. The summed E-state index contributed by atoms with van der Waals surface area (Å²) in [7, 11) is 0. The monoisotopic (exact) mass is 141 g/mol. The van der Waals surface area contributed by atoms with Crippen LogP contribution in [0.15, 0.2) is 22.8 Å². The number of carbonyl (C=O) groups is 1. The molecule has 0 N–H and O–H groups in total. The molecule has 2 nitrogen and oxygen atoms in total. The van der Waals surface area contributed by atoms with Gasteiger partial charge in [0.25, 0.3) is 0 Å². The first-order valence-corrected chi connectivity index (χ1v) is 2.92. The molecule has 0 saturated heterocycles. The van der Waals surface area contributed by atoms with Crippen molar-refractivity contribution in [3.8, 4) is 0 Å². The summed E-state index contributed by atoms with van der Waals surface area (Å²) in [5, 5.41) is -0.287. The normalized spacial score (nSPS) is 9.33. The zero-order valence-electron chi connectivity index (χ0n) is 4.66. The molecule has 0 atom stereocenters. The second-order valence-corrected chi connectivity index (χ2v) is 2.08. The van der Waals surface area contributed by atoms with Crippen LogP contribution in [0.1, 0.15) is 5.76 Å². The van der Waals surface area contributed by atoms with Crippen molar-refractivity contribution < 1.29 is 9.21 Å². The largest absolute Gasteiger partial charge is 0.742 e. The lowest BCUT2D eigenvalue weighted by Gasteiger charge is -1.97. The first kappa shape index (κ1) is 6.29. The lowest BCUT2D eigenvalue weighted by atomic mass is 10.4. The van der Waals surface area contributed by atoms with Gasteiger partial charge in [0, 0.05) is 11.5 Å². The molecule has 1 rings (SSSR count). The van der Waals surface area contributed by atoms with E-state index in [1.807, 2.05) is 0 Å². The van der Waals surface area contributed by atoms with E-state index in [4.69, 9.17) is 4.42 Å². The molecule has 0 aliphatic carbocycles. The third-order valence-corrected chi connectivity index (χ3v) is 1.04. The molecule has 0 bridgehead atoms. The standard InChI is InChI=1S/C6H6O2S/c7-6(9)4-5-2-1-3-8-5/h1-3H,4H2,(H,7,9)/p-1. The van der Waals surface area contributed by atoms with Gasteiger partial charge in [-0.2, -0.15) is 0 Å². The fraction of sp³-hybridized carbons (Fsp3) is 0.167. The molecule has 0 aromatic carbocycles. The maximum Gasteiger partial charge on any atom is 0.109 e. The lowest BCUT2D eigenvalue weighted by molar-refractivity contribution is -0.110. The highest BCUT2D eigenvalue weighted by Crippen LogP contribution is 1.99. The van der Waals surface area contributed by atoms with Crippen molar-refractivity contribution in [3.63, 3.8) is 0 Å². The fourth-order valence-corrected chi connectivity index (χ4v) is 0.698. The van der Waals surface area contributed by atoms with Gasteiger partial charge in [0.15, 0.2) is 0 Å². The maximum atomic E-state index is 10.3.